The maximum absolute atomic E-state index is 12.8. The highest BCUT2D eigenvalue weighted by atomic mass is 32.1. The Bertz CT molecular complexity index is 1160. The van der Waals surface area contributed by atoms with Crippen molar-refractivity contribution >= 4 is 22.8 Å². The van der Waals surface area contributed by atoms with Crippen molar-refractivity contribution in [2.24, 2.45) is 0 Å². The number of likely N-dealkylation sites (N-methyl/N-ethyl adjacent to an activating group) is 1. The van der Waals surface area contributed by atoms with Crippen LogP contribution in [0.5, 0.6) is 0 Å². The summed E-state index contributed by atoms with van der Waals surface area (Å²) in [6.45, 7) is 2.26. The molecule has 5 heterocycles. The third-order valence-corrected chi connectivity index (χ3v) is 6.54. The van der Waals surface area contributed by atoms with E-state index in [2.05, 4.69) is 45.7 Å². The molecule has 1 saturated heterocycles. The molecule has 1 aliphatic heterocycles. The molecule has 0 bridgehead atoms. The van der Waals surface area contributed by atoms with Gasteiger partial charge in [-0.05, 0) is 47.1 Å². The summed E-state index contributed by atoms with van der Waals surface area (Å²) in [5.74, 6) is 0.189. The molecular formula is C23H23N5OS. The van der Waals surface area contributed by atoms with Crippen molar-refractivity contribution in [3.8, 4) is 11.1 Å². The van der Waals surface area contributed by atoms with E-state index in [4.69, 9.17) is 4.98 Å². The van der Waals surface area contributed by atoms with Crippen LogP contribution in [0.3, 0.4) is 0 Å². The number of carbonyl (C=O) groups is 1. The quantitative estimate of drug-likeness (QED) is 0.510. The summed E-state index contributed by atoms with van der Waals surface area (Å²) >= 11 is 1.63. The van der Waals surface area contributed by atoms with E-state index < -0.39 is 0 Å². The SMILES string of the molecule is CN1CCN(C(=O)Cc2ccsc2)C[C@H]1c1ncn2cc(-c3cccnc3)ccc12. The number of hydrogen-bond acceptors (Lipinski definition) is 5. The van der Waals surface area contributed by atoms with Crippen LogP contribution in [-0.4, -0.2) is 56.8 Å². The van der Waals surface area contributed by atoms with Crippen LogP contribution in [0.15, 0.2) is 66.0 Å². The van der Waals surface area contributed by atoms with Crippen LogP contribution < -0.4 is 0 Å². The van der Waals surface area contributed by atoms with E-state index in [1.54, 1.807) is 17.5 Å². The fourth-order valence-electron chi connectivity index (χ4n) is 4.06. The highest BCUT2D eigenvalue weighted by molar-refractivity contribution is 7.08. The second kappa shape index (κ2) is 8.01. The summed E-state index contributed by atoms with van der Waals surface area (Å²) in [4.78, 5) is 26.1. The summed E-state index contributed by atoms with van der Waals surface area (Å²) in [6.07, 6.45) is 8.07. The standard InChI is InChI=1S/C23H23N5OS/c1-26-8-9-27(22(29)11-17-6-10-30-15-17)14-21(26)23-20-5-4-19(13-28(20)16-25-23)18-3-2-7-24-12-18/h2-7,10,12-13,15-16,21H,8-9,11,14H2,1H3/t21-/m0/s1. The minimum absolute atomic E-state index is 0.0828. The third kappa shape index (κ3) is 3.62. The average Bonchev–Trinajstić information content (AvgIpc) is 3.44. The van der Waals surface area contributed by atoms with Gasteiger partial charge in [-0.1, -0.05) is 12.1 Å². The van der Waals surface area contributed by atoms with Gasteiger partial charge in [-0.2, -0.15) is 11.3 Å². The zero-order chi connectivity index (χ0) is 20.5. The highest BCUT2D eigenvalue weighted by Crippen LogP contribution is 2.28. The predicted octanol–water partition coefficient (Wildman–Crippen LogP) is 3.52. The molecule has 4 aromatic heterocycles. The Balaban J connectivity index is 1.40. The monoisotopic (exact) mass is 417 g/mol. The maximum atomic E-state index is 12.8. The van der Waals surface area contributed by atoms with Gasteiger partial charge in [0.15, 0.2) is 0 Å². The molecule has 0 radical (unpaired) electrons. The number of piperazine rings is 1. The average molecular weight is 418 g/mol. The first-order chi connectivity index (χ1) is 14.7. The molecule has 1 atom stereocenters. The van der Waals surface area contributed by atoms with Crippen molar-refractivity contribution in [3.05, 3.63) is 77.3 Å². The normalized spacial score (nSPS) is 17.5. The maximum Gasteiger partial charge on any atom is 0.227 e. The Morgan fingerprint density at radius 3 is 2.93 bits per heavy atom. The highest BCUT2D eigenvalue weighted by Gasteiger charge is 2.31. The number of thiophene rings is 1. The molecule has 1 fully saturated rings. The van der Waals surface area contributed by atoms with Gasteiger partial charge in [-0.3, -0.25) is 14.7 Å². The molecule has 4 aromatic rings. The second-order valence-corrected chi connectivity index (χ2v) is 8.51. The lowest BCUT2D eigenvalue weighted by Crippen LogP contribution is -2.49. The van der Waals surface area contributed by atoms with Crippen LogP contribution in [-0.2, 0) is 11.2 Å². The lowest BCUT2D eigenvalue weighted by molar-refractivity contribution is -0.133. The molecule has 1 aliphatic rings. The summed E-state index contributed by atoms with van der Waals surface area (Å²) in [5, 5.41) is 4.07. The molecule has 0 N–H and O–H groups in total. The molecule has 0 saturated carbocycles. The lowest BCUT2D eigenvalue weighted by Gasteiger charge is -2.39. The number of carbonyl (C=O) groups excluding carboxylic acids is 1. The van der Waals surface area contributed by atoms with Crippen molar-refractivity contribution in [2.75, 3.05) is 26.7 Å². The molecule has 6 nitrogen and oxygen atoms in total. The van der Waals surface area contributed by atoms with E-state index in [0.29, 0.717) is 13.0 Å². The van der Waals surface area contributed by atoms with Gasteiger partial charge in [0.25, 0.3) is 0 Å². The van der Waals surface area contributed by atoms with E-state index in [1.807, 2.05) is 40.3 Å². The Labute approximate surface area is 179 Å². The Kier molecular flexibility index (Phi) is 5.06. The van der Waals surface area contributed by atoms with Gasteiger partial charge < -0.3 is 9.30 Å². The Hall–Kier alpha value is -3.03. The van der Waals surface area contributed by atoms with Crippen LogP contribution >= 0.6 is 11.3 Å². The Morgan fingerprint density at radius 2 is 2.13 bits per heavy atom. The van der Waals surface area contributed by atoms with Crippen molar-refractivity contribution in [1.82, 2.24) is 24.2 Å². The zero-order valence-corrected chi connectivity index (χ0v) is 17.6. The van der Waals surface area contributed by atoms with Crippen LogP contribution in [0.2, 0.25) is 0 Å². The van der Waals surface area contributed by atoms with E-state index in [1.165, 1.54) is 0 Å². The predicted molar refractivity (Wildman–Crippen MR) is 118 cm³/mol. The van der Waals surface area contributed by atoms with Gasteiger partial charge in [0.2, 0.25) is 5.91 Å². The van der Waals surface area contributed by atoms with Gasteiger partial charge in [0.1, 0.15) is 0 Å². The van der Waals surface area contributed by atoms with Crippen molar-refractivity contribution in [2.45, 2.75) is 12.5 Å². The van der Waals surface area contributed by atoms with Crippen molar-refractivity contribution in [3.63, 3.8) is 0 Å². The van der Waals surface area contributed by atoms with Crippen LogP contribution in [0.25, 0.3) is 16.6 Å². The van der Waals surface area contributed by atoms with Gasteiger partial charge in [0.05, 0.1) is 30.0 Å². The van der Waals surface area contributed by atoms with Crippen LogP contribution in [0, 0.1) is 0 Å². The summed E-state index contributed by atoms with van der Waals surface area (Å²) in [5.41, 5.74) is 5.37. The number of aromatic nitrogens is 3. The van der Waals surface area contributed by atoms with E-state index >= 15 is 0 Å². The van der Waals surface area contributed by atoms with E-state index in [-0.39, 0.29) is 11.9 Å². The van der Waals surface area contributed by atoms with Crippen molar-refractivity contribution in [1.29, 1.82) is 0 Å². The molecule has 0 aliphatic carbocycles. The smallest absolute Gasteiger partial charge is 0.227 e. The van der Waals surface area contributed by atoms with Gasteiger partial charge >= 0.3 is 0 Å². The van der Waals surface area contributed by atoms with Gasteiger partial charge in [0, 0.05) is 43.8 Å². The summed E-state index contributed by atoms with van der Waals surface area (Å²) < 4.78 is 2.07. The number of pyridine rings is 2. The summed E-state index contributed by atoms with van der Waals surface area (Å²) in [6, 6.07) is 10.3. The minimum atomic E-state index is 0.0828. The summed E-state index contributed by atoms with van der Waals surface area (Å²) in [7, 11) is 2.11. The topological polar surface area (TPSA) is 53.7 Å². The first-order valence-corrected chi connectivity index (χ1v) is 11.0. The van der Waals surface area contributed by atoms with Gasteiger partial charge in [-0.15, -0.1) is 0 Å². The molecule has 1 amide bonds. The fourth-order valence-corrected chi connectivity index (χ4v) is 4.73. The first kappa shape index (κ1) is 19.0. The first-order valence-electron chi connectivity index (χ1n) is 10.0. The van der Waals surface area contributed by atoms with Crippen molar-refractivity contribution < 1.29 is 4.79 Å². The number of hydrogen-bond donors (Lipinski definition) is 0. The zero-order valence-electron chi connectivity index (χ0n) is 16.8. The minimum Gasteiger partial charge on any atom is -0.339 e. The number of nitrogens with zero attached hydrogens (tertiary/aromatic N) is 5. The molecule has 152 valence electrons. The largest absolute Gasteiger partial charge is 0.339 e. The molecule has 30 heavy (non-hydrogen) atoms. The molecular weight excluding hydrogens is 394 g/mol. The third-order valence-electron chi connectivity index (χ3n) is 5.81. The molecule has 0 unspecified atom stereocenters. The van der Waals surface area contributed by atoms with E-state index in [0.717, 1.165) is 41.0 Å². The Morgan fingerprint density at radius 1 is 1.20 bits per heavy atom. The number of amides is 1. The van der Waals surface area contributed by atoms with Crippen LogP contribution in [0.1, 0.15) is 17.3 Å². The van der Waals surface area contributed by atoms with E-state index in [9.17, 15) is 4.79 Å². The lowest BCUT2D eigenvalue weighted by atomic mass is 10.1. The second-order valence-electron chi connectivity index (χ2n) is 7.73. The molecule has 0 aromatic carbocycles. The van der Waals surface area contributed by atoms with Gasteiger partial charge in [-0.25, -0.2) is 4.98 Å². The number of rotatable bonds is 4. The fraction of sp³-hybridized carbons (Fsp3) is 0.261. The number of fused-ring (bicyclic) bond motifs is 1. The number of imidazole rings is 1. The molecule has 5 rings (SSSR count). The molecule has 0 spiro atoms. The van der Waals surface area contributed by atoms with Crippen LogP contribution in [0.4, 0.5) is 0 Å². The molecule has 7 heteroatoms.